The molecule has 5 heteroatoms. The number of methoxy groups -OCH3 is 1. The van der Waals surface area contributed by atoms with Crippen molar-refractivity contribution in [2.75, 3.05) is 20.2 Å². The molecule has 1 aromatic carbocycles. The van der Waals surface area contributed by atoms with Gasteiger partial charge in [0.05, 0.1) is 12.8 Å². The highest BCUT2D eigenvalue weighted by Gasteiger charge is 2.35. The average molecular weight is 323 g/mol. The van der Waals surface area contributed by atoms with E-state index in [-0.39, 0.29) is 5.91 Å². The second-order valence-corrected chi connectivity index (χ2v) is 6.57. The first-order valence-electron chi connectivity index (χ1n) is 8.38. The van der Waals surface area contributed by atoms with Crippen LogP contribution in [0.25, 0.3) is 11.3 Å². The molecule has 2 aromatic rings. The molecule has 2 aliphatic rings. The van der Waals surface area contributed by atoms with E-state index in [0.717, 1.165) is 42.9 Å². The highest BCUT2D eigenvalue weighted by atomic mass is 16.5. The van der Waals surface area contributed by atoms with Gasteiger partial charge in [0, 0.05) is 18.7 Å². The van der Waals surface area contributed by atoms with Gasteiger partial charge < -0.3 is 9.64 Å². The van der Waals surface area contributed by atoms with Gasteiger partial charge in [-0.3, -0.25) is 9.89 Å². The topological polar surface area (TPSA) is 58.2 Å². The predicted molar refractivity (Wildman–Crippen MR) is 91.8 cm³/mol. The number of rotatable bonds is 3. The highest BCUT2D eigenvalue weighted by Crippen LogP contribution is 2.33. The number of aromatic nitrogens is 2. The van der Waals surface area contributed by atoms with E-state index in [1.54, 1.807) is 7.11 Å². The van der Waals surface area contributed by atoms with E-state index in [1.807, 2.05) is 35.2 Å². The maximum atomic E-state index is 12.8. The first kappa shape index (κ1) is 15.0. The van der Waals surface area contributed by atoms with Gasteiger partial charge in [-0.05, 0) is 42.9 Å². The van der Waals surface area contributed by atoms with E-state index in [2.05, 4.69) is 22.3 Å². The van der Waals surface area contributed by atoms with Crippen molar-refractivity contribution < 1.29 is 9.53 Å². The molecule has 0 radical (unpaired) electrons. The van der Waals surface area contributed by atoms with Crippen molar-refractivity contribution in [3.8, 4) is 17.0 Å². The molecule has 0 bridgehead atoms. The zero-order valence-corrected chi connectivity index (χ0v) is 13.7. The molecule has 1 aromatic heterocycles. The maximum absolute atomic E-state index is 12.8. The van der Waals surface area contributed by atoms with Crippen LogP contribution in [0, 0.1) is 11.8 Å². The highest BCUT2D eigenvalue weighted by molar-refractivity contribution is 5.93. The van der Waals surface area contributed by atoms with Gasteiger partial charge in [0.1, 0.15) is 11.4 Å². The summed E-state index contributed by atoms with van der Waals surface area (Å²) in [6.07, 6.45) is 6.66. The standard InChI is InChI=1S/C19H21N3O2/c1-24-16-8-4-7-13(9-16)17-10-18(21-20-17)19(23)22-11-14-5-2-3-6-15(14)12-22/h2-4,7-10,14-15H,5-6,11-12H2,1H3,(H,20,21)/t14-,15+. The summed E-state index contributed by atoms with van der Waals surface area (Å²) in [4.78, 5) is 14.7. The lowest BCUT2D eigenvalue weighted by Crippen LogP contribution is -2.29. The van der Waals surface area contributed by atoms with Crippen LogP contribution in [0.2, 0.25) is 0 Å². The minimum atomic E-state index is 0.0473. The SMILES string of the molecule is COc1cccc(-c2cc(C(=O)N3C[C@H]4CC=CC[C@H]4C3)[nH]n2)c1. The normalized spacial score (nSPS) is 22.5. The Balaban J connectivity index is 1.51. The molecule has 2 atom stereocenters. The van der Waals surface area contributed by atoms with Crippen molar-refractivity contribution in [1.82, 2.24) is 15.1 Å². The van der Waals surface area contributed by atoms with E-state index in [0.29, 0.717) is 17.5 Å². The van der Waals surface area contributed by atoms with Gasteiger partial charge in [0.25, 0.3) is 5.91 Å². The number of benzene rings is 1. The number of hydrogen-bond acceptors (Lipinski definition) is 3. The summed E-state index contributed by atoms with van der Waals surface area (Å²) in [7, 11) is 1.64. The molecule has 1 aliphatic heterocycles. The minimum absolute atomic E-state index is 0.0473. The number of likely N-dealkylation sites (tertiary alicyclic amines) is 1. The summed E-state index contributed by atoms with van der Waals surface area (Å²) in [6.45, 7) is 1.70. The molecule has 24 heavy (non-hydrogen) atoms. The fourth-order valence-electron chi connectivity index (χ4n) is 3.71. The Bertz CT molecular complexity index is 764. The van der Waals surface area contributed by atoms with E-state index in [4.69, 9.17) is 4.74 Å². The number of H-pyrrole nitrogens is 1. The lowest BCUT2D eigenvalue weighted by molar-refractivity contribution is 0.0778. The molecule has 2 heterocycles. The van der Waals surface area contributed by atoms with E-state index in [1.165, 1.54) is 0 Å². The monoisotopic (exact) mass is 323 g/mol. The van der Waals surface area contributed by atoms with Crippen LogP contribution in [0.5, 0.6) is 5.75 Å². The van der Waals surface area contributed by atoms with E-state index < -0.39 is 0 Å². The predicted octanol–water partition coefficient (Wildman–Crippen LogP) is 3.12. The number of amides is 1. The average Bonchev–Trinajstić information content (AvgIpc) is 3.28. The third-order valence-corrected chi connectivity index (χ3v) is 5.08. The summed E-state index contributed by atoms with van der Waals surface area (Å²) in [5, 5.41) is 7.21. The van der Waals surface area contributed by atoms with Crippen molar-refractivity contribution in [2.24, 2.45) is 11.8 Å². The number of ether oxygens (including phenoxy) is 1. The molecule has 1 aliphatic carbocycles. The number of nitrogens with one attached hydrogen (secondary N) is 1. The first-order valence-corrected chi connectivity index (χ1v) is 8.38. The number of fused-ring (bicyclic) bond motifs is 1. The molecule has 1 fully saturated rings. The Morgan fingerprint density at radius 2 is 1.96 bits per heavy atom. The molecule has 0 saturated carbocycles. The summed E-state index contributed by atoms with van der Waals surface area (Å²) in [5.74, 6) is 2.05. The van der Waals surface area contributed by atoms with Gasteiger partial charge in [-0.25, -0.2) is 0 Å². The zero-order chi connectivity index (χ0) is 16.5. The largest absolute Gasteiger partial charge is 0.497 e. The fourth-order valence-corrected chi connectivity index (χ4v) is 3.71. The summed E-state index contributed by atoms with van der Waals surface area (Å²) >= 11 is 0. The van der Waals surface area contributed by atoms with Crippen LogP contribution in [0.4, 0.5) is 0 Å². The van der Waals surface area contributed by atoms with E-state index in [9.17, 15) is 4.79 Å². The molecule has 124 valence electrons. The third kappa shape index (κ3) is 2.70. The minimum Gasteiger partial charge on any atom is -0.497 e. The van der Waals surface area contributed by atoms with Crippen LogP contribution in [0.1, 0.15) is 23.3 Å². The molecule has 4 rings (SSSR count). The van der Waals surface area contributed by atoms with Gasteiger partial charge >= 0.3 is 0 Å². The van der Waals surface area contributed by atoms with Crippen LogP contribution in [0.3, 0.4) is 0 Å². The first-order chi connectivity index (χ1) is 11.7. The smallest absolute Gasteiger partial charge is 0.271 e. The molecular formula is C19H21N3O2. The second kappa shape index (κ2) is 6.15. The molecule has 1 N–H and O–H groups in total. The molecule has 5 nitrogen and oxygen atoms in total. The maximum Gasteiger partial charge on any atom is 0.271 e. The van der Waals surface area contributed by atoms with Crippen LogP contribution in [-0.4, -0.2) is 41.2 Å². The molecule has 0 spiro atoms. The second-order valence-electron chi connectivity index (χ2n) is 6.57. The van der Waals surface area contributed by atoms with E-state index >= 15 is 0 Å². The lowest BCUT2D eigenvalue weighted by Gasteiger charge is -2.17. The van der Waals surface area contributed by atoms with Crippen molar-refractivity contribution in [1.29, 1.82) is 0 Å². The number of nitrogens with zero attached hydrogens (tertiary/aromatic N) is 2. The van der Waals surface area contributed by atoms with Crippen LogP contribution in [-0.2, 0) is 0 Å². The van der Waals surface area contributed by atoms with Gasteiger partial charge in [0.2, 0.25) is 0 Å². The van der Waals surface area contributed by atoms with Crippen molar-refractivity contribution >= 4 is 5.91 Å². The van der Waals surface area contributed by atoms with Gasteiger partial charge in [-0.1, -0.05) is 24.3 Å². The molecular weight excluding hydrogens is 302 g/mol. The van der Waals surface area contributed by atoms with Crippen molar-refractivity contribution in [3.63, 3.8) is 0 Å². The van der Waals surface area contributed by atoms with Crippen molar-refractivity contribution in [3.05, 3.63) is 48.2 Å². The van der Waals surface area contributed by atoms with Gasteiger partial charge in [-0.2, -0.15) is 5.10 Å². The summed E-state index contributed by atoms with van der Waals surface area (Å²) < 4.78 is 5.25. The zero-order valence-electron chi connectivity index (χ0n) is 13.7. The molecule has 1 saturated heterocycles. The number of hydrogen-bond donors (Lipinski definition) is 1. The molecule has 1 amide bonds. The lowest BCUT2D eigenvalue weighted by atomic mass is 9.86. The van der Waals surface area contributed by atoms with Gasteiger partial charge in [-0.15, -0.1) is 0 Å². The Morgan fingerprint density at radius 1 is 1.21 bits per heavy atom. The van der Waals surface area contributed by atoms with Crippen LogP contribution >= 0.6 is 0 Å². The fraction of sp³-hybridized carbons (Fsp3) is 0.368. The summed E-state index contributed by atoms with van der Waals surface area (Å²) in [5.41, 5.74) is 2.25. The Morgan fingerprint density at radius 3 is 2.67 bits per heavy atom. The Kier molecular flexibility index (Phi) is 3.84. The van der Waals surface area contributed by atoms with Crippen molar-refractivity contribution in [2.45, 2.75) is 12.8 Å². The number of aromatic amines is 1. The van der Waals surface area contributed by atoms with Crippen LogP contribution < -0.4 is 4.74 Å². The van der Waals surface area contributed by atoms with Crippen LogP contribution in [0.15, 0.2) is 42.5 Å². The number of allylic oxidation sites excluding steroid dienone is 2. The Hall–Kier alpha value is -2.56. The molecule has 0 unspecified atom stereocenters. The number of carbonyl (C=O) groups is 1. The quantitative estimate of drug-likeness (QED) is 0.883. The Labute approximate surface area is 141 Å². The number of carbonyl (C=O) groups excluding carboxylic acids is 1. The summed E-state index contributed by atoms with van der Waals surface area (Å²) in [6, 6.07) is 9.52. The van der Waals surface area contributed by atoms with Gasteiger partial charge in [0.15, 0.2) is 0 Å². The third-order valence-electron chi connectivity index (χ3n) is 5.08.